The van der Waals surface area contributed by atoms with Crippen LogP contribution in [0, 0.1) is 19.8 Å². The van der Waals surface area contributed by atoms with Gasteiger partial charge in [-0.05, 0) is 61.1 Å². The molecule has 0 aromatic heterocycles. The lowest BCUT2D eigenvalue weighted by Gasteiger charge is -2.34. The maximum absolute atomic E-state index is 13.0. The molecule has 2 aromatic rings. The van der Waals surface area contributed by atoms with Crippen molar-refractivity contribution in [3.05, 3.63) is 64.2 Å². The molecule has 2 aromatic carbocycles. The summed E-state index contributed by atoms with van der Waals surface area (Å²) in [5.74, 6) is 0.240. The topological polar surface area (TPSA) is 57.7 Å². The Morgan fingerprint density at radius 1 is 1.00 bits per heavy atom. The Bertz CT molecular complexity index is 1050. The van der Waals surface area contributed by atoms with Gasteiger partial charge in [-0.2, -0.15) is 4.31 Å². The molecule has 0 unspecified atom stereocenters. The quantitative estimate of drug-likeness (QED) is 0.741. The Labute approximate surface area is 177 Å². The van der Waals surface area contributed by atoms with Gasteiger partial charge in [-0.1, -0.05) is 35.9 Å². The van der Waals surface area contributed by atoms with E-state index in [-0.39, 0.29) is 17.7 Å². The van der Waals surface area contributed by atoms with E-state index in [9.17, 15) is 13.2 Å². The molecular formula is C22H25ClN2O3S. The minimum Gasteiger partial charge on any atom is -0.340 e. The fourth-order valence-electron chi connectivity index (χ4n) is 3.99. The van der Waals surface area contributed by atoms with Crippen LogP contribution in [-0.2, 0) is 14.8 Å². The van der Waals surface area contributed by atoms with E-state index in [1.165, 1.54) is 4.31 Å². The lowest BCUT2D eigenvalue weighted by atomic mass is 10.1. The summed E-state index contributed by atoms with van der Waals surface area (Å²) in [5.41, 5.74) is 3.06. The number of carbonyl (C=O) groups excluding carboxylic acids is 1. The summed E-state index contributed by atoms with van der Waals surface area (Å²) in [5, 5.41) is 0.706. The highest BCUT2D eigenvalue weighted by Crippen LogP contribution is 2.50. The number of benzene rings is 2. The van der Waals surface area contributed by atoms with E-state index in [0.29, 0.717) is 36.1 Å². The first-order chi connectivity index (χ1) is 13.8. The Hall–Kier alpha value is -1.89. The van der Waals surface area contributed by atoms with Gasteiger partial charge >= 0.3 is 0 Å². The summed E-state index contributed by atoms with van der Waals surface area (Å²) in [4.78, 5) is 15.0. The van der Waals surface area contributed by atoms with Crippen LogP contribution in [0.1, 0.15) is 29.0 Å². The minimum atomic E-state index is -3.54. The highest BCUT2D eigenvalue weighted by atomic mass is 35.5. The van der Waals surface area contributed by atoms with E-state index in [1.54, 1.807) is 17.0 Å². The smallest absolute Gasteiger partial charge is 0.243 e. The zero-order valence-electron chi connectivity index (χ0n) is 16.6. The van der Waals surface area contributed by atoms with Gasteiger partial charge in [-0.3, -0.25) is 4.79 Å². The molecule has 5 nitrogen and oxygen atoms in total. The molecular weight excluding hydrogens is 408 g/mol. The number of amides is 1. The predicted molar refractivity (Wildman–Crippen MR) is 114 cm³/mol. The van der Waals surface area contributed by atoms with Crippen molar-refractivity contribution in [2.75, 3.05) is 26.2 Å². The van der Waals surface area contributed by atoms with Crippen LogP contribution in [0.3, 0.4) is 0 Å². The molecule has 2 aliphatic rings. The molecule has 7 heteroatoms. The summed E-state index contributed by atoms with van der Waals surface area (Å²) in [6.07, 6.45) is 0.809. The molecule has 154 valence electrons. The van der Waals surface area contributed by atoms with Crippen molar-refractivity contribution in [1.82, 2.24) is 9.21 Å². The van der Waals surface area contributed by atoms with Gasteiger partial charge in [0.25, 0.3) is 0 Å². The fraction of sp³-hybridized carbons (Fsp3) is 0.409. The maximum Gasteiger partial charge on any atom is 0.243 e. The number of nitrogens with zero attached hydrogens (tertiary/aromatic N) is 2. The van der Waals surface area contributed by atoms with Gasteiger partial charge in [-0.15, -0.1) is 0 Å². The van der Waals surface area contributed by atoms with Gasteiger partial charge in [0.1, 0.15) is 0 Å². The normalized spacial score (nSPS) is 22.5. The van der Waals surface area contributed by atoms with E-state index in [1.807, 2.05) is 44.2 Å². The molecule has 0 radical (unpaired) electrons. The molecule has 1 heterocycles. The molecule has 1 amide bonds. The third-order valence-electron chi connectivity index (χ3n) is 6.08. The second kappa shape index (κ2) is 7.74. The zero-order valence-corrected chi connectivity index (χ0v) is 18.2. The second-order valence-corrected chi connectivity index (χ2v) is 10.3. The largest absolute Gasteiger partial charge is 0.340 e. The van der Waals surface area contributed by atoms with Gasteiger partial charge in [0, 0.05) is 37.1 Å². The predicted octanol–water partition coefficient (Wildman–Crippen LogP) is 3.59. The van der Waals surface area contributed by atoms with E-state index >= 15 is 0 Å². The van der Waals surface area contributed by atoms with E-state index < -0.39 is 10.0 Å². The highest BCUT2D eigenvalue weighted by molar-refractivity contribution is 7.89. The number of aryl methyl sites for hydroxylation is 2. The van der Waals surface area contributed by atoms with Crippen LogP contribution < -0.4 is 0 Å². The number of piperazine rings is 1. The van der Waals surface area contributed by atoms with Gasteiger partial charge in [0.15, 0.2) is 0 Å². The molecule has 1 saturated heterocycles. The third-order valence-corrected chi connectivity index (χ3v) is 8.32. The molecule has 1 aliphatic carbocycles. The summed E-state index contributed by atoms with van der Waals surface area (Å²) < 4.78 is 27.4. The molecule has 4 rings (SSSR count). The standard InChI is InChI=1S/C22H25ClN2O3S/c1-15-7-8-17(13-16(15)2)29(27,28)25-11-9-24(10-12-25)22(26)20-14-19(20)18-5-3-4-6-21(18)23/h3-8,13,19-20H,9-12,14H2,1-2H3/t19-,20+/m1/s1. The Morgan fingerprint density at radius 3 is 2.34 bits per heavy atom. The first-order valence-corrected chi connectivity index (χ1v) is 11.7. The number of carbonyl (C=O) groups is 1. The van der Waals surface area contributed by atoms with Crippen LogP contribution in [-0.4, -0.2) is 49.7 Å². The number of hydrogen-bond acceptors (Lipinski definition) is 3. The van der Waals surface area contributed by atoms with Crippen LogP contribution >= 0.6 is 11.6 Å². The van der Waals surface area contributed by atoms with Crippen LogP contribution in [0.4, 0.5) is 0 Å². The molecule has 0 spiro atoms. The van der Waals surface area contributed by atoms with Crippen molar-refractivity contribution >= 4 is 27.5 Å². The van der Waals surface area contributed by atoms with Crippen LogP contribution in [0.5, 0.6) is 0 Å². The van der Waals surface area contributed by atoms with Crippen molar-refractivity contribution in [2.24, 2.45) is 5.92 Å². The van der Waals surface area contributed by atoms with E-state index in [4.69, 9.17) is 11.6 Å². The number of halogens is 1. The molecule has 1 saturated carbocycles. The van der Waals surface area contributed by atoms with Crippen molar-refractivity contribution in [1.29, 1.82) is 0 Å². The lowest BCUT2D eigenvalue weighted by molar-refractivity contribution is -0.133. The van der Waals surface area contributed by atoms with Gasteiger partial charge < -0.3 is 4.90 Å². The van der Waals surface area contributed by atoms with E-state index in [2.05, 4.69) is 0 Å². The van der Waals surface area contributed by atoms with Crippen LogP contribution in [0.2, 0.25) is 5.02 Å². The lowest BCUT2D eigenvalue weighted by Crippen LogP contribution is -2.51. The molecule has 2 atom stereocenters. The number of hydrogen-bond donors (Lipinski definition) is 0. The number of sulfonamides is 1. The zero-order chi connectivity index (χ0) is 20.8. The van der Waals surface area contributed by atoms with Crippen LogP contribution in [0.25, 0.3) is 0 Å². The molecule has 29 heavy (non-hydrogen) atoms. The van der Waals surface area contributed by atoms with Crippen molar-refractivity contribution < 1.29 is 13.2 Å². The summed E-state index contributed by atoms with van der Waals surface area (Å²) in [6, 6.07) is 12.9. The van der Waals surface area contributed by atoms with Gasteiger partial charge in [-0.25, -0.2) is 8.42 Å². The SMILES string of the molecule is Cc1ccc(S(=O)(=O)N2CCN(C(=O)[C@H]3C[C@@H]3c3ccccc3Cl)CC2)cc1C. The first kappa shape index (κ1) is 20.4. The Kier molecular flexibility index (Phi) is 5.44. The Morgan fingerprint density at radius 2 is 1.69 bits per heavy atom. The van der Waals surface area contributed by atoms with Gasteiger partial charge in [0.05, 0.1) is 4.90 Å². The van der Waals surface area contributed by atoms with Crippen molar-refractivity contribution in [2.45, 2.75) is 31.1 Å². The van der Waals surface area contributed by atoms with Crippen LogP contribution in [0.15, 0.2) is 47.4 Å². The average Bonchev–Trinajstić information content (AvgIpc) is 3.50. The molecule has 2 fully saturated rings. The third kappa shape index (κ3) is 3.93. The van der Waals surface area contributed by atoms with Gasteiger partial charge in [0.2, 0.25) is 15.9 Å². The Balaban J connectivity index is 1.39. The molecule has 0 bridgehead atoms. The fourth-order valence-corrected chi connectivity index (χ4v) is 5.78. The summed E-state index contributed by atoms with van der Waals surface area (Å²) >= 11 is 6.27. The number of rotatable bonds is 4. The molecule has 0 N–H and O–H groups in total. The minimum absolute atomic E-state index is 0.0437. The second-order valence-electron chi connectivity index (χ2n) is 7.95. The van der Waals surface area contributed by atoms with Crippen molar-refractivity contribution in [3.8, 4) is 0 Å². The monoisotopic (exact) mass is 432 g/mol. The average molecular weight is 433 g/mol. The molecule has 1 aliphatic heterocycles. The highest BCUT2D eigenvalue weighted by Gasteiger charge is 2.47. The van der Waals surface area contributed by atoms with Crippen molar-refractivity contribution in [3.63, 3.8) is 0 Å². The summed E-state index contributed by atoms with van der Waals surface area (Å²) in [7, 11) is -3.54. The first-order valence-electron chi connectivity index (χ1n) is 9.89. The summed E-state index contributed by atoms with van der Waals surface area (Å²) in [6.45, 7) is 5.37. The van der Waals surface area contributed by atoms with E-state index in [0.717, 1.165) is 23.1 Å². The maximum atomic E-state index is 13.0.